The van der Waals surface area contributed by atoms with Gasteiger partial charge in [-0.05, 0) is 25.0 Å². The molecule has 8 heteroatoms. The number of amides is 1. The minimum absolute atomic E-state index is 0.104. The molecule has 1 N–H and O–H groups in total. The van der Waals surface area contributed by atoms with Gasteiger partial charge in [0, 0.05) is 6.54 Å². The topological polar surface area (TPSA) is 57.6 Å². The van der Waals surface area contributed by atoms with E-state index in [-0.39, 0.29) is 5.91 Å². The van der Waals surface area contributed by atoms with Gasteiger partial charge in [0.15, 0.2) is 0 Å². The lowest BCUT2D eigenvalue weighted by Crippen LogP contribution is -2.38. The molecule has 1 aromatic heterocycles. The van der Waals surface area contributed by atoms with Crippen LogP contribution in [0.5, 0.6) is 0 Å². The monoisotopic (exact) mass is 396 g/mol. The molecule has 0 saturated heterocycles. The van der Waals surface area contributed by atoms with E-state index in [9.17, 15) is 4.79 Å². The summed E-state index contributed by atoms with van der Waals surface area (Å²) in [4.78, 5) is 23.8. The van der Waals surface area contributed by atoms with Gasteiger partial charge in [-0.2, -0.15) is 0 Å². The minimum Gasteiger partial charge on any atom is -0.323 e. The van der Waals surface area contributed by atoms with Crippen LogP contribution >= 0.6 is 34.5 Å². The number of aryl methyl sites for hydroxylation is 1. The lowest BCUT2D eigenvalue weighted by atomic mass is 10.3. The molecule has 2 aromatic rings. The highest BCUT2D eigenvalue weighted by Crippen LogP contribution is 2.30. The fourth-order valence-corrected chi connectivity index (χ4v) is 3.87. The number of nitrogens with one attached hydrogen (secondary N) is 1. The van der Waals surface area contributed by atoms with Crippen LogP contribution in [0, 0.1) is 0 Å². The zero-order valence-electron chi connectivity index (χ0n) is 13.8. The Balaban J connectivity index is 1.75. The summed E-state index contributed by atoms with van der Waals surface area (Å²) in [5.41, 5.74) is 0.553. The molecule has 5 nitrogen and oxygen atoms in total. The van der Waals surface area contributed by atoms with Gasteiger partial charge >= 0.3 is 0 Å². The normalized spacial score (nSPS) is 13.9. The van der Waals surface area contributed by atoms with Gasteiger partial charge < -0.3 is 5.32 Å². The second kappa shape index (κ2) is 8.17. The zero-order chi connectivity index (χ0) is 17.8. The highest BCUT2D eigenvalue weighted by molar-refractivity contribution is 7.13. The van der Waals surface area contributed by atoms with Crippen molar-refractivity contribution in [1.29, 1.82) is 0 Å². The van der Waals surface area contributed by atoms with E-state index in [1.165, 1.54) is 11.3 Å². The number of para-hydroxylation sites is 1. The molecule has 1 amide bonds. The Morgan fingerprint density at radius 3 is 2.84 bits per heavy atom. The molecule has 1 aliphatic heterocycles. The predicted molar refractivity (Wildman–Crippen MR) is 104 cm³/mol. The SMILES string of the molecule is CCCCc1ncc(C(=O)N2CCN=C2Nc2c(Cl)cccc2Cl)s1. The summed E-state index contributed by atoms with van der Waals surface area (Å²) < 4.78 is 0. The molecule has 25 heavy (non-hydrogen) atoms. The third-order valence-corrected chi connectivity index (χ3v) is 5.47. The van der Waals surface area contributed by atoms with Crippen LogP contribution in [-0.4, -0.2) is 34.8 Å². The molecule has 1 aliphatic rings. The average molecular weight is 397 g/mol. The number of guanidine groups is 1. The maximum Gasteiger partial charge on any atom is 0.272 e. The summed E-state index contributed by atoms with van der Waals surface area (Å²) in [6, 6.07) is 5.24. The van der Waals surface area contributed by atoms with Crippen molar-refractivity contribution in [2.75, 3.05) is 18.4 Å². The molecule has 3 rings (SSSR count). The first kappa shape index (κ1) is 18.2. The smallest absolute Gasteiger partial charge is 0.272 e. The number of hydrogen-bond donors (Lipinski definition) is 1. The van der Waals surface area contributed by atoms with E-state index in [0.29, 0.717) is 39.7 Å². The van der Waals surface area contributed by atoms with Crippen LogP contribution < -0.4 is 5.32 Å². The molecule has 0 radical (unpaired) electrons. The van der Waals surface area contributed by atoms with E-state index < -0.39 is 0 Å². The predicted octanol–water partition coefficient (Wildman–Crippen LogP) is 4.72. The number of carbonyl (C=O) groups excluding carboxylic acids is 1. The second-order valence-electron chi connectivity index (χ2n) is 5.61. The van der Waals surface area contributed by atoms with Gasteiger partial charge in [-0.1, -0.05) is 42.6 Å². The lowest BCUT2D eigenvalue weighted by molar-refractivity contribution is 0.0862. The summed E-state index contributed by atoms with van der Waals surface area (Å²) in [7, 11) is 0. The molecule has 0 fully saturated rings. The quantitative estimate of drug-likeness (QED) is 0.795. The second-order valence-corrected chi connectivity index (χ2v) is 7.54. The molecule has 132 valence electrons. The van der Waals surface area contributed by atoms with Crippen molar-refractivity contribution >= 4 is 52.1 Å². The van der Waals surface area contributed by atoms with E-state index in [0.717, 1.165) is 24.3 Å². The number of nitrogens with zero attached hydrogens (tertiary/aromatic N) is 3. The first-order chi connectivity index (χ1) is 12.1. The summed E-state index contributed by atoms with van der Waals surface area (Å²) >= 11 is 13.8. The Morgan fingerprint density at radius 1 is 1.36 bits per heavy atom. The number of hydrogen-bond acceptors (Lipinski definition) is 5. The number of aliphatic imine (C=N–C) groups is 1. The van der Waals surface area contributed by atoms with Crippen LogP contribution in [0.15, 0.2) is 29.4 Å². The summed E-state index contributed by atoms with van der Waals surface area (Å²) in [6.07, 6.45) is 4.73. The average Bonchev–Trinajstić information content (AvgIpc) is 3.25. The molecule has 0 aliphatic carbocycles. The van der Waals surface area contributed by atoms with E-state index in [1.54, 1.807) is 29.3 Å². The molecule has 0 unspecified atom stereocenters. The molecule has 0 atom stereocenters. The minimum atomic E-state index is -0.104. The maximum atomic E-state index is 12.8. The summed E-state index contributed by atoms with van der Waals surface area (Å²) in [6.45, 7) is 3.20. The van der Waals surface area contributed by atoms with Crippen LogP contribution in [-0.2, 0) is 6.42 Å². The van der Waals surface area contributed by atoms with Gasteiger partial charge in [0.25, 0.3) is 5.91 Å². The number of anilines is 1. The highest BCUT2D eigenvalue weighted by atomic mass is 35.5. The number of rotatable bonds is 5. The van der Waals surface area contributed by atoms with Crippen LogP contribution in [0.25, 0.3) is 0 Å². The summed E-state index contributed by atoms with van der Waals surface area (Å²) in [5.74, 6) is 0.357. The summed E-state index contributed by atoms with van der Waals surface area (Å²) in [5, 5.41) is 5.05. The van der Waals surface area contributed by atoms with Crippen LogP contribution in [0.3, 0.4) is 0 Å². The van der Waals surface area contributed by atoms with Crippen LogP contribution in [0.1, 0.15) is 34.4 Å². The molecule has 0 spiro atoms. The Kier molecular flexibility index (Phi) is 5.93. The van der Waals surface area contributed by atoms with Gasteiger partial charge in [0.2, 0.25) is 5.96 Å². The maximum absolute atomic E-state index is 12.8. The van der Waals surface area contributed by atoms with E-state index in [4.69, 9.17) is 23.2 Å². The number of unbranched alkanes of at least 4 members (excludes halogenated alkanes) is 1. The standard InChI is InChI=1S/C17H18Cl2N4OS/c1-2-3-7-14-21-10-13(25-14)16(24)23-9-8-20-17(23)22-15-11(18)5-4-6-12(15)19/h4-6,10H,2-3,7-9H2,1H3,(H,20,22). The Labute approximate surface area is 160 Å². The third kappa shape index (κ3) is 4.14. The Hall–Kier alpha value is -1.63. The molecule has 2 heterocycles. The van der Waals surface area contributed by atoms with Crippen molar-refractivity contribution in [3.05, 3.63) is 44.3 Å². The van der Waals surface area contributed by atoms with Crippen molar-refractivity contribution < 1.29 is 4.79 Å². The third-order valence-electron chi connectivity index (χ3n) is 3.79. The molecular weight excluding hydrogens is 379 g/mol. The highest BCUT2D eigenvalue weighted by Gasteiger charge is 2.27. The van der Waals surface area contributed by atoms with Gasteiger partial charge in [0.05, 0.1) is 33.5 Å². The number of thiazole rings is 1. The van der Waals surface area contributed by atoms with Gasteiger partial charge in [0.1, 0.15) is 4.88 Å². The fraction of sp³-hybridized carbons (Fsp3) is 0.353. The largest absolute Gasteiger partial charge is 0.323 e. The Morgan fingerprint density at radius 2 is 2.12 bits per heavy atom. The molecular formula is C17H18Cl2N4OS. The lowest BCUT2D eigenvalue weighted by Gasteiger charge is -2.19. The van der Waals surface area contributed by atoms with E-state index in [1.807, 2.05) is 0 Å². The fourth-order valence-electron chi connectivity index (χ4n) is 2.47. The van der Waals surface area contributed by atoms with Gasteiger partial charge in [-0.3, -0.25) is 14.7 Å². The van der Waals surface area contributed by atoms with Crippen molar-refractivity contribution in [2.24, 2.45) is 4.99 Å². The first-order valence-electron chi connectivity index (χ1n) is 8.12. The van der Waals surface area contributed by atoms with Crippen LogP contribution in [0.4, 0.5) is 5.69 Å². The van der Waals surface area contributed by atoms with Crippen molar-refractivity contribution in [2.45, 2.75) is 26.2 Å². The Bertz CT molecular complexity index is 785. The van der Waals surface area contributed by atoms with E-state index in [2.05, 4.69) is 22.2 Å². The number of benzene rings is 1. The van der Waals surface area contributed by atoms with Crippen molar-refractivity contribution in [1.82, 2.24) is 9.88 Å². The number of aromatic nitrogens is 1. The van der Waals surface area contributed by atoms with Crippen LogP contribution in [0.2, 0.25) is 10.0 Å². The zero-order valence-corrected chi connectivity index (χ0v) is 16.1. The van der Waals surface area contributed by atoms with Crippen molar-refractivity contribution in [3.63, 3.8) is 0 Å². The van der Waals surface area contributed by atoms with Crippen molar-refractivity contribution in [3.8, 4) is 0 Å². The molecule has 0 saturated carbocycles. The van der Waals surface area contributed by atoms with Gasteiger partial charge in [-0.25, -0.2) is 4.98 Å². The first-order valence-corrected chi connectivity index (χ1v) is 9.69. The van der Waals surface area contributed by atoms with Gasteiger partial charge in [-0.15, -0.1) is 11.3 Å². The molecule has 0 bridgehead atoms. The number of carbonyl (C=O) groups is 1. The molecule has 1 aromatic carbocycles. The number of halogens is 2. The van der Waals surface area contributed by atoms with E-state index >= 15 is 0 Å².